The number of amides is 1. The summed E-state index contributed by atoms with van der Waals surface area (Å²) >= 11 is 0. The summed E-state index contributed by atoms with van der Waals surface area (Å²) in [4.78, 5) is 25.0. The fourth-order valence-electron chi connectivity index (χ4n) is 3.27. The number of rotatable bonds is 5. The third kappa shape index (κ3) is 3.92. The molecule has 0 aliphatic carbocycles. The highest BCUT2D eigenvalue weighted by atomic mass is 16.5. The van der Waals surface area contributed by atoms with E-state index < -0.39 is 0 Å². The molecule has 6 heteroatoms. The predicted molar refractivity (Wildman–Crippen MR) is 88.5 cm³/mol. The van der Waals surface area contributed by atoms with Gasteiger partial charge in [0, 0.05) is 32.1 Å². The number of piperidine rings is 1. The van der Waals surface area contributed by atoms with Gasteiger partial charge in [-0.3, -0.25) is 9.78 Å². The van der Waals surface area contributed by atoms with Crippen molar-refractivity contribution in [2.45, 2.75) is 45.6 Å². The molecule has 2 fully saturated rings. The van der Waals surface area contributed by atoms with Crippen LogP contribution in [-0.2, 0) is 4.79 Å². The van der Waals surface area contributed by atoms with Gasteiger partial charge < -0.3 is 14.5 Å². The van der Waals surface area contributed by atoms with Crippen molar-refractivity contribution < 1.29 is 9.53 Å². The van der Waals surface area contributed by atoms with Crippen LogP contribution in [0.15, 0.2) is 12.4 Å². The smallest absolute Gasteiger partial charge is 0.234 e. The number of hydrogen-bond donors (Lipinski definition) is 0. The maximum Gasteiger partial charge on any atom is 0.234 e. The summed E-state index contributed by atoms with van der Waals surface area (Å²) in [7, 11) is 0. The number of carbonyl (C=O) groups excluding carboxylic acids is 1. The number of nitrogens with zero attached hydrogens (tertiary/aromatic N) is 4. The van der Waals surface area contributed by atoms with Crippen LogP contribution in [0.25, 0.3) is 0 Å². The molecule has 1 aromatic rings. The lowest BCUT2D eigenvalue weighted by atomic mass is 10.0. The predicted octanol–water partition coefficient (Wildman–Crippen LogP) is 2.10. The SMILES string of the molecule is CC(C)COc1cncc(N2CCC(N3CCCC3=O)CC2)n1. The third-order valence-corrected chi connectivity index (χ3v) is 4.50. The van der Waals surface area contributed by atoms with Gasteiger partial charge >= 0.3 is 0 Å². The van der Waals surface area contributed by atoms with Gasteiger partial charge in [-0.05, 0) is 25.2 Å². The molecule has 2 saturated heterocycles. The van der Waals surface area contributed by atoms with Crippen molar-refractivity contribution in [2.24, 2.45) is 5.92 Å². The van der Waals surface area contributed by atoms with Crippen LogP contribution in [0.4, 0.5) is 5.82 Å². The lowest BCUT2D eigenvalue weighted by molar-refractivity contribution is -0.130. The average molecular weight is 318 g/mol. The van der Waals surface area contributed by atoms with Crippen molar-refractivity contribution in [3.8, 4) is 5.88 Å². The zero-order valence-corrected chi connectivity index (χ0v) is 14.1. The van der Waals surface area contributed by atoms with Crippen LogP contribution in [0.5, 0.6) is 5.88 Å². The summed E-state index contributed by atoms with van der Waals surface area (Å²) in [6, 6.07) is 0.398. The molecule has 6 nitrogen and oxygen atoms in total. The van der Waals surface area contributed by atoms with Gasteiger partial charge in [-0.2, -0.15) is 4.98 Å². The van der Waals surface area contributed by atoms with Crippen LogP contribution < -0.4 is 9.64 Å². The molecule has 0 bridgehead atoms. The molecular formula is C17H26N4O2. The number of anilines is 1. The van der Waals surface area contributed by atoms with E-state index in [2.05, 4.69) is 33.6 Å². The van der Waals surface area contributed by atoms with Crippen LogP contribution in [-0.4, -0.2) is 53.1 Å². The van der Waals surface area contributed by atoms with Gasteiger partial charge in [0.2, 0.25) is 11.8 Å². The quantitative estimate of drug-likeness (QED) is 0.832. The Hall–Kier alpha value is -1.85. The van der Waals surface area contributed by atoms with E-state index >= 15 is 0 Å². The molecular weight excluding hydrogens is 292 g/mol. The largest absolute Gasteiger partial charge is 0.476 e. The molecule has 3 heterocycles. The van der Waals surface area contributed by atoms with E-state index in [1.54, 1.807) is 12.4 Å². The Labute approximate surface area is 137 Å². The topological polar surface area (TPSA) is 58.6 Å². The monoisotopic (exact) mass is 318 g/mol. The van der Waals surface area contributed by atoms with Gasteiger partial charge in [0.05, 0.1) is 19.0 Å². The van der Waals surface area contributed by atoms with Gasteiger partial charge in [0.15, 0.2) is 5.82 Å². The van der Waals surface area contributed by atoms with E-state index in [-0.39, 0.29) is 0 Å². The van der Waals surface area contributed by atoms with E-state index in [1.807, 2.05) is 0 Å². The van der Waals surface area contributed by atoms with Gasteiger partial charge in [-0.1, -0.05) is 13.8 Å². The molecule has 126 valence electrons. The molecule has 0 N–H and O–H groups in total. The highest BCUT2D eigenvalue weighted by Crippen LogP contribution is 2.25. The molecule has 1 aromatic heterocycles. The van der Waals surface area contributed by atoms with E-state index in [0.29, 0.717) is 30.4 Å². The molecule has 0 atom stereocenters. The zero-order valence-electron chi connectivity index (χ0n) is 14.1. The third-order valence-electron chi connectivity index (χ3n) is 4.50. The van der Waals surface area contributed by atoms with Gasteiger partial charge in [-0.15, -0.1) is 0 Å². The molecule has 0 radical (unpaired) electrons. The summed E-state index contributed by atoms with van der Waals surface area (Å²) < 4.78 is 5.66. The molecule has 0 aromatic carbocycles. The van der Waals surface area contributed by atoms with Crippen LogP contribution in [0, 0.1) is 5.92 Å². The molecule has 0 spiro atoms. The van der Waals surface area contributed by atoms with Crippen LogP contribution in [0.1, 0.15) is 39.5 Å². The van der Waals surface area contributed by atoms with Crippen molar-refractivity contribution in [3.63, 3.8) is 0 Å². The second kappa shape index (κ2) is 7.15. The lowest BCUT2D eigenvalue weighted by Gasteiger charge is -2.37. The number of carbonyl (C=O) groups is 1. The fourth-order valence-corrected chi connectivity index (χ4v) is 3.27. The second-order valence-corrected chi connectivity index (χ2v) is 6.83. The summed E-state index contributed by atoms with van der Waals surface area (Å²) in [6.07, 6.45) is 7.21. The maximum atomic E-state index is 11.9. The Morgan fingerprint density at radius 3 is 2.70 bits per heavy atom. The number of likely N-dealkylation sites (tertiary alicyclic amines) is 1. The maximum absolute atomic E-state index is 11.9. The summed E-state index contributed by atoms with van der Waals surface area (Å²) in [5, 5.41) is 0. The molecule has 0 unspecified atom stereocenters. The first kappa shape index (κ1) is 16.0. The van der Waals surface area contributed by atoms with E-state index in [4.69, 9.17) is 4.74 Å². The first-order valence-electron chi connectivity index (χ1n) is 8.62. The molecule has 2 aliphatic heterocycles. The molecule has 0 saturated carbocycles. The molecule has 1 amide bonds. The summed E-state index contributed by atoms with van der Waals surface area (Å²) in [6.45, 7) is 7.63. The highest BCUT2D eigenvalue weighted by Gasteiger charge is 2.31. The Kier molecular flexibility index (Phi) is 4.98. The van der Waals surface area contributed by atoms with Crippen molar-refractivity contribution in [1.82, 2.24) is 14.9 Å². The van der Waals surface area contributed by atoms with Gasteiger partial charge in [0.1, 0.15) is 0 Å². The first-order valence-corrected chi connectivity index (χ1v) is 8.62. The molecule has 23 heavy (non-hydrogen) atoms. The van der Waals surface area contributed by atoms with Gasteiger partial charge in [0.25, 0.3) is 0 Å². The highest BCUT2D eigenvalue weighted by molar-refractivity contribution is 5.78. The van der Waals surface area contributed by atoms with Crippen molar-refractivity contribution in [3.05, 3.63) is 12.4 Å². The normalized spacial score (nSPS) is 19.7. The number of aromatic nitrogens is 2. The summed E-state index contributed by atoms with van der Waals surface area (Å²) in [5.41, 5.74) is 0. The Morgan fingerprint density at radius 1 is 1.26 bits per heavy atom. The first-order chi connectivity index (χ1) is 11.1. The number of hydrogen-bond acceptors (Lipinski definition) is 5. The Balaban J connectivity index is 1.57. The molecule has 3 rings (SSSR count). The molecule has 2 aliphatic rings. The van der Waals surface area contributed by atoms with E-state index in [9.17, 15) is 4.79 Å². The Bertz CT molecular complexity index is 541. The van der Waals surface area contributed by atoms with Crippen LogP contribution >= 0.6 is 0 Å². The van der Waals surface area contributed by atoms with E-state index in [1.165, 1.54) is 0 Å². The minimum Gasteiger partial charge on any atom is -0.476 e. The van der Waals surface area contributed by atoms with Gasteiger partial charge in [-0.25, -0.2) is 0 Å². The van der Waals surface area contributed by atoms with Crippen molar-refractivity contribution in [1.29, 1.82) is 0 Å². The number of ether oxygens (including phenoxy) is 1. The van der Waals surface area contributed by atoms with Crippen LogP contribution in [0.3, 0.4) is 0 Å². The minimum absolute atomic E-state index is 0.326. The zero-order chi connectivity index (χ0) is 16.2. The average Bonchev–Trinajstić information content (AvgIpc) is 2.99. The van der Waals surface area contributed by atoms with Crippen molar-refractivity contribution >= 4 is 11.7 Å². The fraction of sp³-hybridized carbons (Fsp3) is 0.706. The lowest BCUT2D eigenvalue weighted by Crippen LogP contribution is -2.45. The Morgan fingerprint density at radius 2 is 2.04 bits per heavy atom. The van der Waals surface area contributed by atoms with Crippen molar-refractivity contribution in [2.75, 3.05) is 31.1 Å². The standard InChI is InChI=1S/C17H26N4O2/c1-13(2)12-23-16-11-18-10-15(19-16)20-8-5-14(6-9-20)21-7-3-4-17(21)22/h10-11,13-14H,3-9,12H2,1-2H3. The van der Waals surface area contributed by atoms with E-state index in [0.717, 1.165) is 51.1 Å². The second-order valence-electron chi connectivity index (χ2n) is 6.83. The summed E-state index contributed by atoms with van der Waals surface area (Å²) in [5.74, 6) is 2.26. The minimum atomic E-state index is 0.326. The van der Waals surface area contributed by atoms with Crippen LogP contribution in [0.2, 0.25) is 0 Å².